The molecule has 28 heavy (non-hydrogen) atoms. The van der Waals surface area contributed by atoms with Gasteiger partial charge in [-0.15, -0.1) is 0 Å². The summed E-state index contributed by atoms with van der Waals surface area (Å²) in [6.45, 7) is 0.945. The van der Waals surface area contributed by atoms with Crippen molar-refractivity contribution < 1.29 is 9.53 Å². The number of ketones is 1. The molecule has 0 aliphatic heterocycles. The van der Waals surface area contributed by atoms with Crippen LogP contribution in [0.5, 0.6) is 5.75 Å². The summed E-state index contributed by atoms with van der Waals surface area (Å²) in [4.78, 5) is 13.0. The summed E-state index contributed by atoms with van der Waals surface area (Å²) in [5, 5.41) is 7.66. The number of amidine groups is 1. The molecule has 0 atom stereocenters. The lowest BCUT2D eigenvalue weighted by Gasteiger charge is -2.13. The van der Waals surface area contributed by atoms with Crippen LogP contribution >= 0.6 is 0 Å². The Bertz CT molecular complexity index is 967. The molecule has 5 N–H and O–H groups in total. The fraction of sp³-hybridized carbons (Fsp3) is 0.130. The van der Waals surface area contributed by atoms with Crippen molar-refractivity contribution >= 4 is 11.6 Å². The second-order valence-electron chi connectivity index (χ2n) is 6.46. The van der Waals surface area contributed by atoms with E-state index in [-0.39, 0.29) is 11.6 Å². The van der Waals surface area contributed by atoms with E-state index in [9.17, 15) is 4.79 Å². The van der Waals surface area contributed by atoms with Gasteiger partial charge in [-0.1, -0.05) is 54.6 Å². The third-order valence-electron chi connectivity index (χ3n) is 4.42. The first-order valence-electron chi connectivity index (χ1n) is 9.07. The van der Waals surface area contributed by atoms with Crippen molar-refractivity contribution in [1.29, 1.82) is 5.41 Å². The summed E-state index contributed by atoms with van der Waals surface area (Å²) in [6.07, 6.45) is 0.837. The Labute approximate surface area is 164 Å². The van der Waals surface area contributed by atoms with Gasteiger partial charge < -0.3 is 16.2 Å². The third kappa shape index (κ3) is 4.64. The van der Waals surface area contributed by atoms with Gasteiger partial charge in [-0.25, -0.2) is 0 Å². The lowest BCUT2D eigenvalue weighted by molar-refractivity contribution is 0.103. The maximum Gasteiger partial charge on any atom is 0.196 e. The maximum absolute atomic E-state index is 13.0. The number of nitrogens with one attached hydrogen (secondary N) is 1. The zero-order valence-corrected chi connectivity index (χ0v) is 15.5. The van der Waals surface area contributed by atoms with Gasteiger partial charge in [-0.05, 0) is 42.3 Å². The highest BCUT2D eigenvalue weighted by Gasteiger charge is 2.16. The molecule has 0 bridgehead atoms. The molecule has 0 aliphatic carbocycles. The van der Waals surface area contributed by atoms with Gasteiger partial charge >= 0.3 is 0 Å². The van der Waals surface area contributed by atoms with Crippen molar-refractivity contribution in [2.45, 2.75) is 13.0 Å². The Morgan fingerprint density at radius 2 is 1.57 bits per heavy atom. The van der Waals surface area contributed by atoms with Crippen molar-refractivity contribution in [2.24, 2.45) is 11.5 Å². The van der Waals surface area contributed by atoms with Gasteiger partial charge in [0.1, 0.15) is 18.2 Å². The van der Waals surface area contributed by atoms with Crippen LogP contribution in [0.15, 0.2) is 72.8 Å². The fourth-order valence-electron chi connectivity index (χ4n) is 2.88. The van der Waals surface area contributed by atoms with Gasteiger partial charge in [0, 0.05) is 11.1 Å². The molecule has 3 aromatic carbocycles. The van der Waals surface area contributed by atoms with Crippen LogP contribution in [-0.2, 0) is 13.0 Å². The molecule has 142 valence electrons. The average Bonchev–Trinajstić information content (AvgIpc) is 2.73. The number of rotatable bonds is 8. The minimum atomic E-state index is -0.169. The smallest absolute Gasteiger partial charge is 0.196 e. The summed E-state index contributed by atoms with van der Waals surface area (Å²) < 4.78 is 5.94. The minimum absolute atomic E-state index is 0.0934. The molecule has 3 rings (SSSR count). The Hall–Kier alpha value is -3.44. The van der Waals surface area contributed by atoms with E-state index in [1.165, 1.54) is 5.56 Å². The maximum atomic E-state index is 13.0. The monoisotopic (exact) mass is 373 g/mol. The zero-order valence-electron chi connectivity index (χ0n) is 15.5. The van der Waals surface area contributed by atoms with E-state index in [0.29, 0.717) is 35.6 Å². The molecule has 0 fully saturated rings. The number of carbonyl (C=O) groups is 1. The number of nitrogen functional groups attached to an aromatic ring is 1. The lowest BCUT2D eigenvalue weighted by Crippen LogP contribution is -2.13. The molecule has 0 amide bonds. The standard InChI is InChI=1S/C23H23N3O2/c24-13-12-16-6-8-17(9-7-16)15-28-21-11-10-19(23(25)26)14-20(21)22(27)18-4-2-1-3-5-18/h1-11,14H,12-13,15,24H2,(H3,25,26). The lowest BCUT2D eigenvalue weighted by atomic mass is 10.00. The first-order valence-corrected chi connectivity index (χ1v) is 9.07. The molecule has 0 spiro atoms. The van der Waals surface area contributed by atoms with Crippen LogP contribution in [0.25, 0.3) is 0 Å². The summed E-state index contributed by atoms with van der Waals surface area (Å²) in [6, 6.07) is 22.0. The Kier molecular flexibility index (Phi) is 6.19. The van der Waals surface area contributed by atoms with E-state index >= 15 is 0 Å². The van der Waals surface area contributed by atoms with Crippen molar-refractivity contribution in [3.05, 3.63) is 101 Å². The van der Waals surface area contributed by atoms with Gasteiger partial charge in [0.2, 0.25) is 0 Å². The van der Waals surface area contributed by atoms with Crippen LogP contribution in [0.2, 0.25) is 0 Å². The average molecular weight is 373 g/mol. The number of ether oxygens (including phenoxy) is 1. The summed E-state index contributed by atoms with van der Waals surface area (Å²) in [5.41, 5.74) is 14.8. The summed E-state index contributed by atoms with van der Waals surface area (Å²) >= 11 is 0. The largest absolute Gasteiger partial charge is 0.488 e. The first kappa shape index (κ1) is 19.3. The second kappa shape index (κ2) is 8.97. The van der Waals surface area contributed by atoms with E-state index in [2.05, 4.69) is 0 Å². The van der Waals surface area contributed by atoms with E-state index < -0.39 is 0 Å². The molecule has 0 radical (unpaired) electrons. The highest BCUT2D eigenvalue weighted by atomic mass is 16.5. The van der Waals surface area contributed by atoms with Crippen molar-refractivity contribution in [3.63, 3.8) is 0 Å². The summed E-state index contributed by atoms with van der Waals surface area (Å²) in [5.74, 6) is 0.200. The van der Waals surface area contributed by atoms with Crippen molar-refractivity contribution in [2.75, 3.05) is 6.54 Å². The predicted molar refractivity (Wildman–Crippen MR) is 111 cm³/mol. The third-order valence-corrected chi connectivity index (χ3v) is 4.42. The second-order valence-corrected chi connectivity index (χ2v) is 6.46. The number of hydrogen-bond donors (Lipinski definition) is 3. The van der Waals surface area contributed by atoms with Crippen LogP contribution in [0.1, 0.15) is 32.6 Å². The molecule has 0 aromatic heterocycles. The van der Waals surface area contributed by atoms with E-state index in [0.717, 1.165) is 12.0 Å². The van der Waals surface area contributed by atoms with Gasteiger partial charge in [0.05, 0.1) is 5.56 Å². The van der Waals surface area contributed by atoms with Crippen molar-refractivity contribution in [1.82, 2.24) is 0 Å². The fourth-order valence-corrected chi connectivity index (χ4v) is 2.88. The zero-order chi connectivity index (χ0) is 19.9. The van der Waals surface area contributed by atoms with E-state index in [4.69, 9.17) is 21.6 Å². The molecule has 5 nitrogen and oxygen atoms in total. The van der Waals surface area contributed by atoms with Crippen LogP contribution in [0.3, 0.4) is 0 Å². The van der Waals surface area contributed by atoms with E-state index in [1.54, 1.807) is 30.3 Å². The van der Waals surface area contributed by atoms with Gasteiger partial charge in [0.15, 0.2) is 5.78 Å². The van der Waals surface area contributed by atoms with Crippen molar-refractivity contribution in [3.8, 4) is 5.75 Å². The number of nitrogens with two attached hydrogens (primary N) is 2. The molecule has 0 saturated carbocycles. The Morgan fingerprint density at radius 1 is 0.893 bits per heavy atom. The Morgan fingerprint density at radius 3 is 2.21 bits per heavy atom. The molecule has 0 aliphatic rings. The van der Waals surface area contributed by atoms with Gasteiger partial charge in [-0.2, -0.15) is 0 Å². The van der Waals surface area contributed by atoms with Gasteiger partial charge in [0.25, 0.3) is 0 Å². The highest BCUT2D eigenvalue weighted by molar-refractivity contribution is 6.12. The molecule has 0 heterocycles. The van der Waals surface area contributed by atoms with Crippen LogP contribution < -0.4 is 16.2 Å². The number of hydrogen-bond acceptors (Lipinski definition) is 4. The molecule has 5 heteroatoms. The normalized spacial score (nSPS) is 10.5. The van der Waals surface area contributed by atoms with E-state index in [1.807, 2.05) is 42.5 Å². The minimum Gasteiger partial charge on any atom is -0.488 e. The first-order chi connectivity index (χ1) is 13.6. The molecule has 0 saturated heterocycles. The number of benzene rings is 3. The molecular weight excluding hydrogens is 350 g/mol. The SMILES string of the molecule is N=C(N)c1ccc(OCc2ccc(CCN)cc2)c(C(=O)c2ccccc2)c1. The Balaban J connectivity index is 1.85. The molecule has 3 aromatic rings. The van der Waals surface area contributed by atoms with Crippen LogP contribution in [0.4, 0.5) is 0 Å². The quantitative estimate of drug-likeness (QED) is 0.320. The van der Waals surface area contributed by atoms with Gasteiger partial charge in [-0.3, -0.25) is 10.2 Å². The van der Waals surface area contributed by atoms with Crippen LogP contribution in [0, 0.1) is 5.41 Å². The van der Waals surface area contributed by atoms with Crippen LogP contribution in [-0.4, -0.2) is 18.2 Å². The predicted octanol–water partition coefficient (Wildman–Crippen LogP) is 3.28. The molecule has 0 unspecified atom stereocenters. The summed E-state index contributed by atoms with van der Waals surface area (Å²) in [7, 11) is 0. The topological polar surface area (TPSA) is 102 Å². The highest BCUT2D eigenvalue weighted by Crippen LogP contribution is 2.24. The molecular formula is C23H23N3O2. The number of carbonyl (C=O) groups excluding carboxylic acids is 1.